The maximum atomic E-state index is 13.1. The van der Waals surface area contributed by atoms with E-state index in [9.17, 15) is 9.59 Å². The van der Waals surface area contributed by atoms with Crippen molar-refractivity contribution in [3.05, 3.63) is 71.2 Å². The second kappa shape index (κ2) is 10.8. The van der Waals surface area contributed by atoms with Gasteiger partial charge in [0.1, 0.15) is 11.0 Å². The van der Waals surface area contributed by atoms with Crippen LogP contribution >= 0.6 is 27.3 Å². The number of urea groups is 1. The van der Waals surface area contributed by atoms with E-state index in [4.69, 9.17) is 0 Å². The van der Waals surface area contributed by atoms with Crippen LogP contribution in [0.15, 0.2) is 71.2 Å². The number of fused-ring (bicyclic) bond motifs is 1. The molecule has 0 radical (unpaired) electrons. The van der Waals surface area contributed by atoms with Gasteiger partial charge in [0.05, 0.1) is 5.69 Å². The fourth-order valence-corrected chi connectivity index (χ4v) is 4.67. The molecule has 4 rings (SSSR count). The van der Waals surface area contributed by atoms with Crippen molar-refractivity contribution < 1.29 is 9.59 Å². The van der Waals surface area contributed by atoms with Crippen LogP contribution in [-0.2, 0) is 4.79 Å². The highest BCUT2D eigenvalue weighted by Gasteiger charge is 2.27. The van der Waals surface area contributed by atoms with Crippen molar-refractivity contribution in [3.8, 4) is 10.6 Å². The lowest BCUT2D eigenvalue weighted by atomic mass is 9.98. The van der Waals surface area contributed by atoms with E-state index in [2.05, 4.69) is 42.1 Å². The van der Waals surface area contributed by atoms with Crippen LogP contribution < -0.4 is 16.0 Å². The average Bonchev–Trinajstić information content (AvgIpc) is 3.31. The number of hydrogen-bond acceptors (Lipinski definition) is 5. The van der Waals surface area contributed by atoms with Gasteiger partial charge in [0, 0.05) is 15.4 Å². The molecule has 174 valence electrons. The zero-order chi connectivity index (χ0) is 24.1. The summed E-state index contributed by atoms with van der Waals surface area (Å²) in [6.45, 7) is 3.90. The number of nitrogens with zero attached hydrogens (tertiary/aromatic N) is 2. The van der Waals surface area contributed by atoms with Gasteiger partial charge in [0.2, 0.25) is 11.0 Å². The summed E-state index contributed by atoms with van der Waals surface area (Å²) in [6.07, 6.45) is 0.714. The Kier molecular flexibility index (Phi) is 7.54. The Balaban J connectivity index is 1.46. The van der Waals surface area contributed by atoms with E-state index < -0.39 is 12.1 Å². The maximum absolute atomic E-state index is 13.1. The molecule has 3 amide bonds. The first-order valence-corrected chi connectivity index (χ1v) is 12.5. The molecule has 0 aliphatic carbocycles. The van der Waals surface area contributed by atoms with Crippen LogP contribution in [-0.4, -0.2) is 28.2 Å². The number of halogens is 1. The van der Waals surface area contributed by atoms with Crippen molar-refractivity contribution in [3.63, 3.8) is 0 Å². The van der Waals surface area contributed by atoms with Gasteiger partial charge < -0.3 is 10.6 Å². The van der Waals surface area contributed by atoms with E-state index in [0.717, 1.165) is 20.8 Å². The normalized spacial score (nSPS) is 12.7. The smallest absolute Gasteiger partial charge is 0.319 e. The van der Waals surface area contributed by atoms with Gasteiger partial charge in [0.25, 0.3) is 0 Å². The molecule has 0 bridgehead atoms. The summed E-state index contributed by atoms with van der Waals surface area (Å²) in [6, 6.07) is 20.0. The molecule has 0 fully saturated rings. The minimum atomic E-state index is -0.738. The molecule has 3 aromatic carbocycles. The Bertz CT molecular complexity index is 1320. The van der Waals surface area contributed by atoms with Gasteiger partial charge in [-0.15, -0.1) is 10.2 Å². The Morgan fingerprint density at radius 1 is 1.00 bits per heavy atom. The van der Waals surface area contributed by atoms with Gasteiger partial charge in [0.15, 0.2) is 0 Å². The Morgan fingerprint density at radius 3 is 2.56 bits per heavy atom. The van der Waals surface area contributed by atoms with Crippen LogP contribution in [0.25, 0.3) is 21.3 Å². The molecule has 2 atom stereocenters. The SMILES string of the molecule is CCC(C)C(NC(=O)Nc1cccc2ccccc12)C(=O)Nc1nnc(-c2cccc(Br)c2)s1. The van der Waals surface area contributed by atoms with E-state index in [1.165, 1.54) is 11.3 Å². The van der Waals surface area contributed by atoms with Crippen LogP contribution in [0.3, 0.4) is 0 Å². The van der Waals surface area contributed by atoms with Gasteiger partial charge >= 0.3 is 6.03 Å². The highest BCUT2D eigenvalue weighted by atomic mass is 79.9. The third-order valence-electron chi connectivity index (χ3n) is 5.55. The number of carbonyl (C=O) groups excluding carboxylic acids is 2. The van der Waals surface area contributed by atoms with Crippen molar-refractivity contribution in [1.82, 2.24) is 15.5 Å². The molecule has 0 saturated heterocycles. The summed E-state index contributed by atoms with van der Waals surface area (Å²) in [7, 11) is 0. The van der Waals surface area contributed by atoms with Gasteiger partial charge in [-0.3, -0.25) is 10.1 Å². The van der Waals surface area contributed by atoms with E-state index in [0.29, 0.717) is 22.2 Å². The molecule has 34 heavy (non-hydrogen) atoms. The number of nitrogens with one attached hydrogen (secondary N) is 3. The molecule has 0 spiro atoms. The molecule has 2 unspecified atom stereocenters. The lowest BCUT2D eigenvalue weighted by molar-refractivity contribution is -0.119. The molecule has 7 nitrogen and oxygen atoms in total. The van der Waals surface area contributed by atoms with Crippen molar-refractivity contribution in [1.29, 1.82) is 0 Å². The molecular weight excluding hydrogens is 514 g/mol. The summed E-state index contributed by atoms with van der Waals surface area (Å²) < 4.78 is 0.934. The number of amides is 3. The lowest BCUT2D eigenvalue weighted by Crippen LogP contribution is -2.49. The first-order valence-electron chi connectivity index (χ1n) is 10.9. The third-order valence-corrected chi connectivity index (χ3v) is 6.93. The molecule has 1 heterocycles. The largest absolute Gasteiger partial charge is 0.326 e. The minimum absolute atomic E-state index is 0.0873. The first kappa shape index (κ1) is 23.8. The molecule has 0 saturated carbocycles. The maximum Gasteiger partial charge on any atom is 0.319 e. The highest BCUT2D eigenvalue weighted by molar-refractivity contribution is 9.10. The summed E-state index contributed by atoms with van der Waals surface area (Å²) in [4.78, 5) is 25.9. The molecule has 9 heteroatoms. The number of anilines is 2. The monoisotopic (exact) mass is 537 g/mol. The zero-order valence-corrected chi connectivity index (χ0v) is 21.1. The lowest BCUT2D eigenvalue weighted by Gasteiger charge is -2.23. The van der Waals surface area contributed by atoms with E-state index in [1.54, 1.807) is 0 Å². The average molecular weight is 538 g/mol. The highest BCUT2D eigenvalue weighted by Crippen LogP contribution is 2.28. The van der Waals surface area contributed by atoms with Gasteiger partial charge in [-0.2, -0.15) is 0 Å². The quantitative estimate of drug-likeness (QED) is 0.258. The fourth-order valence-electron chi connectivity index (χ4n) is 3.53. The van der Waals surface area contributed by atoms with E-state index >= 15 is 0 Å². The van der Waals surface area contributed by atoms with Crippen molar-refractivity contribution >= 4 is 60.8 Å². The van der Waals surface area contributed by atoms with Crippen LogP contribution in [0, 0.1) is 5.92 Å². The fraction of sp³-hybridized carbons (Fsp3) is 0.200. The van der Waals surface area contributed by atoms with Crippen molar-refractivity contribution in [2.45, 2.75) is 26.3 Å². The van der Waals surface area contributed by atoms with Crippen LogP contribution in [0.5, 0.6) is 0 Å². The van der Waals surface area contributed by atoms with Crippen LogP contribution in [0.1, 0.15) is 20.3 Å². The second-order valence-corrected chi connectivity index (χ2v) is 9.79. The molecule has 0 aliphatic heterocycles. The van der Waals surface area contributed by atoms with Gasteiger partial charge in [-0.1, -0.05) is 96.1 Å². The molecule has 3 N–H and O–H groups in total. The zero-order valence-electron chi connectivity index (χ0n) is 18.7. The topological polar surface area (TPSA) is 96.0 Å². The Hall–Kier alpha value is -3.30. The first-order chi connectivity index (χ1) is 16.4. The van der Waals surface area contributed by atoms with Crippen LogP contribution in [0.2, 0.25) is 0 Å². The molecular formula is C25H24BrN5O2S. The van der Waals surface area contributed by atoms with E-state index in [1.807, 2.05) is 80.6 Å². The van der Waals surface area contributed by atoms with Crippen molar-refractivity contribution in [2.75, 3.05) is 10.6 Å². The molecule has 4 aromatic rings. The summed E-state index contributed by atoms with van der Waals surface area (Å²) in [5, 5.41) is 19.8. The summed E-state index contributed by atoms with van der Waals surface area (Å²) >= 11 is 4.73. The number of benzene rings is 3. The second-order valence-electron chi connectivity index (χ2n) is 7.90. The molecule has 0 aliphatic rings. The van der Waals surface area contributed by atoms with Crippen LogP contribution in [0.4, 0.5) is 15.6 Å². The predicted octanol–water partition coefficient (Wildman–Crippen LogP) is 6.30. The summed E-state index contributed by atoms with van der Waals surface area (Å²) in [5.74, 6) is -0.421. The third kappa shape index (κ3) is 5.60. The summed E-state index contributed by atoms with van der Waals surface area (Å²) in [5.41, 5.74) is 1.58. The molecule has 1 aromatic heterocycles. The minimum Gasteiger partial charge on any atom is -0.326 e. The number of rotatable bonds is 7. The Morgan fingerprint density at radius 2 is 1.76 bits per heavy atom. The van der Waals surface area contributed by atoms with Gasteiger partial charge in [-0.05, 0) is 29.5 Å². The number of carbonyl (C=O) groups is 2. The van der Waals surface area contributed by atoms with Gasteiger partial charge in [-0.25, -0.2) is 4.79 Å². The van der Waals surface area contributed by atoms with E-state index in [-0.39, 0.29) is 11.8 Å². The standard InChI is InChI=1S/C25H24BrN5O2S/c1-3-15(2)21(28-24(33)27-20-13-7-9-16-8-4-5-12-19(16)20)22(32)29-25-31-30-23(34-25)17-10-6-11-18(26)14-17/h4-15,21H,3H2,1-2H3,(H2,27,28,33)(H,29,31,32). The number of aromatic nitrogens is 2. The predicted molar refractivity (Wildman–Crippen MR) is 141 cm³/mol. The Labute approximate surface area is 210 Å². The van der Waals surface area contributed by atoms with Crippen molar-refractivity contribution in [2.24, 2.45) is 5.92 Å². The number of hydrogen-bond donors (Lipinski definition) is 3.